The maximum absolute atomic E-state index is 10.7. The molecule has 4 heteroatoms. The molecule has 2 radical (unpaired) electrons. The highest BCUT2D eigenvalue weighted by Crippen LogP contribution is 2.01. The quantitative estimate of drug-likeness (QED) is 0.307. The Morgan fingerprint density at radius 1 is 1.35 bits per heavy atom. The first-order chi connectivity index (χ1) is 8.33. The normalized spacial score (nSPS) is 9.88. The van der Waals surface area contributed by atoms with Crippen LogP contribution in [-0.2, 0) is 20.6 Å². The van der Waals surface area contributed by atoms with Crippen LogP contribution in [-0.4, -0.2) is 22.3 Å². The van der Waals surface area contributed by atoms with E-state index in [9.17, 15) is 4.79 Å². The number of hydrogen-bond donors (Lipinski definition) is 0. The molecule has 0 heterocycles. The van der Waals surface area contributed by atoms with Crippen LogP contribution in [0.5, 0.6) is 0 Å². The molecule has 0 fully saturated rings. The van der Waals surface area contributed by atoms with Crippen LogP contribution in [0.2, 0.25) is 6.04 Å². The van der Waals surface area contributed by atoms with E-state index in [-0.39, 0.29) is 5.97 Å². The van der Waals surface area contributed by atoms with Gasteiger partial charge in [-0.05, 0) is 18.0 Å². The van der Waals surface area contributed by atoms with E-state index in [1.807, 2.05) is 30.3 Å². The van der Waals surface area contributed by atoms with Crippen molar-refractivity contribution in [3.05, 3.63) is 48.6 Å². The van der Waals surface area contributed by atoms with Crippen molar-refractivity contribution in [3.63, 3.8) is 0 Å². The second-order valence-electron chi connectivity index (χ2n) is 3.39. The fourth-order valence-corrected chi connectivity index (χ4v) is 1.86. The Labute approximate surface area is 104 Å². The molecule has 1 aromatic carbocycles. The predicted octanol–water partition coefficient (Wildman–Crippen LogP) is 2.36. The number of carbonyl (C=O) groups is 1. The SMILES string of the molecule is C=CC(=O)OCCC[Si]OCc1ccccc1. The number of benzene rings is 1. The van der Waals surface area contributed by atoms with Crippen molar-refractivity contribution >= 4 is 15.7 Å². The predicted molar refractivity (Wildman–Crippen MR) is 67.6 cm³/mol. The summed E-state index contributed by atoms with van der Waals surface area (Å²) in [5.41, 5.74) is 1.18. The summed E-state index contributed by atoms with van der Waals surface area (Å²) in [6.07, 6.45) is 2.00. The summed E-state index contributed by atoms with van der Waals surface area (Å²) in [5.74, 6) is -0.362. The van der Waals surface area contributed by atoms with E-state index >= 15 is 0 Å². The summed E-state index contributed by atoms with van der Waals surface area (Å²) < 4.78 is 10.4. The zero-order valence-corrected chi connectivity index (χ0v) is 10.7. The maximum atomic E-state index is 10.7. The largest absolute Gasteiger partial charge is 0.463 e. The Hall–Kier alpha value is -1.39. The second kappa shape index (κ2) is 8.72. The van der Waals surface area contributed by atoms with Gasteiger partial charge in [0.05, 0.1) is 13.2 Å². The molecule has 0 bridgehead atoms. The molecule has 0 saturated carbocycles. The standard InChI is InChI=1S/C13H16O3Si/c1-2-13(14)15-9-6-10-17-16-11-12-7-4-3-5-8-12/h2-5,7-8H,1,6,9-11H2. The van der Waals surface area contributed by atoms with Gasteiger partial charge < -0.3 is 9.16 Å². The van der Waals surface area contributed by atoms with Crippen LogP contribution in [0.15, 0.2) is 43.0 Å². The van der Waals surface area contributed by atoms with Crippen LogP contribution in [0.25, 0.3) is 0 Å². The van der Waals surface area contributed by atoms with Crippen molar-refractivity contribution in [2.75, 3.05) is 6.61 Å². The first kappa shape index (κ1) is 13.7. The van der Waals surface area contributed by atoms with Crippen molar-refractivity contribution in [2.24, 2.45) is 0 Å². The molecule has 90 valence electrons. The molecule has 1 rings (SSSR count). The molecule has 0 aliphatic heterocycles. The Kier molecular flexibility index (Phi) is 7.02. The minimum atomic E-state index is -0.362. The van der Waals surface area contributed by atoms with E-state index in [2.05, 4.69) is 6.58 Å². The van der Waals surface area contributed by atoms with Gasteiger partial charge in [-0.15, -0.1) is 0 Å². The monoisotopic (exact) mass is 248 g/mol. The number of rotatable bonds is 8. The summed E-state index contributed by atoms with van der Waals surface area (Å²) in [5, 5.41) is 0. The van der Waals surface area contributed by atoms with E-state index in [1.54, 1.807) is 0 Å². The molecule has 0 aliphatic rings. The van der Waals surface area contributed by atoms with Gasteiger partial charge in [-0.25, -0.2) is 4.79 Å². The van der Waals surface area contributed by atoms with Crippen LogP contribution < -0.4 is 0 Å². The van der Waals surface area contributed by atoms with Crippen molar-refractivity contribution in [1.29, 1.82) is 0 Å². The molecule has 1 aromatic rings. The summed E-state index contributed by atoms with van der Waals surface area (Å²) in [4.78, 5) is 10.7. The minimum Gasteiger partial charge on any atom is -0.463 e. The fourth-order valence-electron chi connectivity index (χ4n) is 1.16. The highest BCUT2D eigenvalue weighted by atomic mass is 28.2. The molecular weight excluding hydrogens is 232 g/mol. The third-order valence-corrected chi connectivity index (χ3v) is 2.92. The van der Waals surface area contributed by atoms with E-state index in [0.717, 1.165) is 12.5 Å². The van der Waals surface area contributed by atoms with E-state index in [4.69, 9.17) is 9.16 Å². The van der Waals surface area contributed by atoms with Crippen LogP contribution in [0.1, 0.15) is 12.0 Å². The lowest BCUT2D eigenvalue weighted by atomic mass is 10.2. The number of ether oxygens (including phenoxy) is 1. The molecule has 0 amide bonds. The van der Waals surface area contributed by atoms with Crippen molar-refractivity contribution in [2.45, 2.75) is 19.1 Å². The first-order valence-corrected chi connectivity index (χ1v) is 6.62. The Morgan fingerprint density at radius 2 is 2.12 bits per heavy atom. The lowest BCUT2D eigenvalue weighted by Gasteiger charge is -2.03. The Bertz CT molecular complexity index is 338. The van der Waals surface area contributed by atoms with Crippen LogP contribution in [0.4, 0.5) is 0 Å². The molecule has 0 aromatic heterocycles. The average molecular weight is 248 g/mol. The summed E-state index contributed by atoms with van der Waals surface area (Å²) >= 11 is 0. The smallest absolute Gasteiger partial charge is 0.330 e. The number of hydrogen-bond acceptors (Lipinski definition) is 3. The van der Waals surface area contributed by atoms with E-state index < -0.39 is 0 Å². The molecular formula is C13H16O3Si. The zero-order valence-electron chi connectivity index (χ0n) is 9.72. The van der Waals surface area contributed by atoms with E-state index in [0.29, 0.717) is 23.0 Å². The molecule has 0 aliphatic carbocycles. The molecule has 0 unspecified atom stereocenters. The zero-order chi connectivity index (χ0) is 12.3. The summed E-state index contributed by atoms with van der Waals surface area (Å²) in [6.45, 7) is 4.41. The molecule has 0 saturated heterocycles. The third-order valence-electron chi connectivity index (χ3n) is 2.02. The van der Waals surface area contributed by atoms with Gasteiger partial charge in [-0.1, -0.05) is 36.9 Å². The van der Waals surface area contributed by atoms with Crippen molar-refractivity contribution < 1.29 is 14.0 Å². The van der Waals surface area contributed by atoms with Crippen LogP contribution >= 0.6 is 0 Å². The highest BCUT2D eigenvalue weighted by molar-refractivity contribution is 6.26. The molecule has 0 atom stereocenters. The average Bonchev–Trinajstić information content (AvgIpc) is 2.38. The van der Waals surface area contributed by atoms with Gasteiger partial charge in [0.2, 0.25) is 9.76 Å². The topological polar surface area (TPSA) is 35.5 Å². The molecule has 0 N–H and O–H groups in total. The fraction of sp³-hybridized carbons (Fsp3) is 0.308. The van der Waals surface area contributed by atoms with Gasteiger partial charge in [0.15, 0.2) is 0 Å². The van der Waals surface area contributed by atoms with Gasteiger partial charge in [-0.2, -0.15) is 0 Å². The lowest BCUT2D eigenvalue weighted by molar-refractivity contribution is -0.137. The Morgan fingerprint density at radius 3 is 2.82 bits per heavy atom. The van der Waals surface area contributed by atoms with Gasteiger partial charge in [-0.3, -0.25) is 0 Å². The lowest BCUT2D eigenvalue weighted by Crippen LogP contribution is -2.04. The summed E-state index contributed by atoms with van der Waals surface area (Å²) in [7, 11) is 0.445. The molecule has 17 heavy (non-hydrogen) atoms. The van der Waals surface area contributed by atoms with Gasteiger partial charge in [0.25, 0.3) is 0 Å². The number of esters is 1. The second-order valence-corrected chi connectivity index (χ2v) is 4.47. The van der Waals surface area contributed by atoms with Gasteiger partial charge in [0.1, 0.15) is 0 Å². The first-order valence-electron chi connectivity index (χ1n) is 5.50. The number of carbonyl (C=O) groups excluding carboxylic acids is 1. The van der Waals surface area contributed by atoms with Crippen molar-refractivity contribution in [3.8, 4) is 0 Å². The summed E-state index contributed by atoms with van der Waals surface area (Å²) in [6, 6.07) is 11.0. The van der Waals surface area contributed by atoms with Gasteiger partial charge >= 0.3 is 5.97 Å². The Balaban J connectivity index is 1.95. The van der Waals surface area contributed by atoms with Crippen LogP contribution in [0.3, 0.4) is 0 Å². The minimum absolute atomic E-state index is 0.362. The molecule has 3 nitrogen and oxygen atoms in total. The molecule has 0 spiro atoms. The van der Waals surface area contributed by atoms with Crippen LogP contribution in [0, 0.1) is 0 Å². The van der Waals surface area contributed by atoms with E-state index in [1.165, 1.54) is 11.6 Å². The van der Waals surface area contributed by atoms with Crippen molar-refractivity contribution in [1.82, 2.24) is 0 Å². The highest BCUT2D eigenvalue weighted by Gasteiger charge is 1.97. The maximum Gasteiger partial charge on any atom is 0.330 e. The third kappa shape index (κ3) is 6.71. The van der Waals surface area contributed by atoms with Gasteiger partial charge in [0, 0.05) is 6.08 Å².